The Morgan fingerprint density at radius 3 is 2.82 bits per heavy atom. The van der Waals surface area contributed by atoms with Crippen molar-refractivity contribution in [1.82, 2.24) is 10.3 Å². The summed E-state index contributed by atoms with van der Waals surface area (Å²) in [5.74, 6) is -0.246. The molecule has 1 aliphatic heterocycles. The highest BCUT2D eigenvalue weighted by Crippen LogP contribution is 2.33. The molecule has 2 amide bonds. The molecule has 1 fully saturated rings. The van der Waals surface area contributed by atoms with Gasteiger partial charge in [-0.1, -0.05) is 23.7 Å². The van der Waals surface area contributed by atoms with E-state index in [1.54, 1.807) is 51.2 Å². The van der Waals surface area contributed by atoms with E-state index in [-0.39, 0.29) is 5.91 Å². The van der Waals surface area contributed by atoms with Gasteiger partial charge in [0.1, 0.15) is 5.60 Å². The van der Waals surface area contributed by atoms with Crippen LogP contribution in [0.2, 0.25) is 5.02 Å². The van der Waals surface area contributed by atoms with Crippen molar-refractivity contribution in [2.75, 3.05) is 5.32 Å². The number of anilines is 1. The van der Waals surface area contributed by atoms with Gasteiger partial charge in [0.2, 0.25) is 0 Å². The van der Waals surface area contributed by atoms with Gasteiger partial charge in [0, 0.05) is 17.3 Å². The van der Waals surface area contributed by atoms with Gasteiger partial charge in [-0.15, -0.1) is 0 Å². The fourth-order valence-corrected chi connectivity index (χ4v) is 4.02. The van der Waals surface area contributed by atoms with E-state index >= 15 is 0 Å². The van der Waals surface area contributed by atoms with Crippen LogP contribution < -0.4 is 10.6 Å². The lowest BCUT2D eigenvalue weighted by atomic mass is 10.1. The highest BCUT2D eigenvalue weighted by molar-refractivity contribution is 8.18. The van der Waals surface area contributed by atoms with Crippen LogP contribution in [0.1, 0.15) is 26.3 Å². The maximum Gasteiger partial charge on any atom is 0.412 e. The van der Waals surface area contributed by atoms with E-state index in [9.17, 15) is 9.59 Å². The average molecular weight is 481 g/mol. The predicted octanol–water partition coefficient (Wildman–Crippen LogP) is 6.13. The second-order valence-electron chi connectivity index (χ2n) is 8.23. The molecule has 9 heteroatoms. The molecule has 0 bridgehead atoms. The number of aliphatic imine (C=N–C) groups is 1. The Morgan fingerprint density at radius 2 is 2.03 bits per heavy atom. The molecule has 0 atom stereocenters. The van der Waals surface area contributed by atoms with Crippen LogP contribution in [0, 0.1) is 0 Å². The van der Waals surface area contributed by atoms with Gasteiger partial charge >= 0.3 is 6.09 Å². The molecule has 7 nitrogen and oxygen atoms in total. The number of halogens is 1. The lowest BCUT2D eigenvalue weighted by Crippen LogP contribution is -2.27. The van der Waals surface area contributed by atoms with Crippen LogP contribution in [0.3, 0.4) is 0 Å². The number of thioether (sulfide) groups is 1. The fraction of sp³-hybridized carbons (Fsp3) is 0.167. The normalized spacial score (nSPS) is 16.3. The number of ether oxygens (including phenoxy) is 1. The topological polar surface area (TPSA) is 92.7 Å². The number of amides is 2. The molecular formula is C24H21ClN4O3S. The summed E-state index contributed by atoms with van der Waals surface area (Å²) in [6.45, 7) is 5.35. The van der Waals surface area contributed by atoms with Crippen molar-refractivity contribution in [2.24, 2.45) is 4.99 Å². The fourth-order valence-electron chi connectivity index (χ4n) is 3.02. The standard InChI is InChI=1S/C24H21ClN4O3S/c1-24(2,3)32-23(31)27-16-7-8-17(25)19(13-16)28-22-29-21(30)20(33-22)12-14-6-9-18-15(11-14)5-4-10-26-18/h4-13H,1-3H3,(H,27,31)(H,28,29,30). The Morgan fingerprint density at radius 1 is 1.21 bits per heavy atom. The van der Waals surface area contributed by atoms with Crippen LogP contribution in [0.4, 0.5) is 16.2 Å². The smallest absolute Gasteiger partial charge is 0.412 e. The zero-order valence-electron chi connectivity index (χ0n) is 18.2. The molecular weight excluding hydrogens is 460 g/mol. The van der Waals surface area contributed by atoms with E-state index in [0.717, 1.165) is 16.5 Å². The van der Waals surface area contributed by atoms with E-state index in [4.69, 9.17) is 16.3 Å². The number of carbonyl (C=O) groups is 2. The first-order valence-corrected chi connectivity index (χ1v) is 11.3. The van der Waals surface area contributed by atoms with Gasteiger partial charge in [0.25, 0.3) is 5.91 Å². The van der Waals surface area contributed by atoms with Crippen LogP contribution >= 0.6 is 23.4 Å². The van der Waals surface area contributed by atoms with Gasteiger partial charge < -0.3 is 10.1 Å². The van der Waals surface area contributed by atoms with E-state index in [1.807, 2.05) is 30.3 Å². The molecule has 3 aromatic rings. The van der Waals surface area contributed by atoms with Crippen molar-refractivity contribution in [3.63, 3.8) is 0 Å². The number of fused-ring (bicyclic) bond motifs is 1. The minimum Gasteiger partial charge on any atom is -0.444 e. The molecule has 2 N–H and O–H groups in total. The van der Waals surface area contributed by atoms with E-state index in [1.165, 1.54) is 11.8 Å². The van der Waals surface area contributed by atoms with E-state index < -0.39 is 11.7 Å². The number of benzene rings is 2. The molecule has 4 rings (SSSR count). The van der Waals surface area contributed by atoms with Gasteiger partial charge in [-0.05, 0) is 80.6 Å². The van der Waals surface area contributed by atoms with Crippen molar-refractivity contribution in [1.29, 1.82) is 0 Å². The molecule has 1 aromatic heterocycles. The molecule has 0 radical (unpaired) electrons. The Hall–Kier alpha value is -3.36. The van der Waals surface area contributed by atoms with E-state index in [2.05, 4.69) is 20.6 Å². The zero-order chi connectivity index (χ0) is 23.6. The minimum atomic E-state index is -0.616. The highest BCUT2D eigenvalue weighted by atomic mass is 35.5. The average Bonchev–Trinajstić information content (AvgIpc) is 3.07. The summed E-state index contributed by atoms with van der Waals surface area (Å²) >= 11 is 7.50. The number of nitrogens with one attached hydrogen (secondary N) is 2. The first-order valence-electron chi connectivity index (χ1n) is 10.1. The van der Waals surface area contributed by atoms with Gasteiger partial charge in [-0.3, -0.25) is 15.1 Å². The van der Waals surface area contributed by atoms with Gasteiger partial charge in [-0.2, -0.15) is 0 Å². The molecule has 2 heterocycles. The summed E-state index contributed by atoms with van der Waals surface area (Å²) < 4.78 is 5.27. The largest absolute Gasteiger partial charge is 0.444 e. The van der Waals surface area contributed by atoms with Gasteiger partial charge in [0.15, 0.2) is 5.17 Å². The quantitative estimate of drug-likeness (QED) is 0.440. The summed E-state index contributed by atoms with van der Waals surface area (Å²) in [4.78, 5) is 33.8. The molecule has 33 heavy (non-hydrogen) atoms. The predicted molar refractivity (Wildman–Crippen MR) is 134 cm³/mol. The first kappa shape index (κ1) is 22.8. The third-order valence-electron chi connectivity index (χ3n) is 4.39. The van der Waals surface area contributed by atoms with Crippen molar-refractivity contribution < 1.29 is 14.3 Å². The number of pyridine rings is 1. The number of hydrogen-bond acceptors (Lipinski definition) is 6. The summed E-state index contributed by atoms with van der Waals surface area (Å²) in [6, 6.07) is 14.5. The lowest BCUT2D eigenvalue weighted by Gasteiger charge is -2.19. The van der Waals surface area contributed by atoms with E-state index in [0.29, 0.717) is 26.5 Å². The second-order valence-corrected chi connectivity index (χ2v) is 9.67. The van der Waals surface area contributed by atoms with Crippen LogP contribution in [-0.4, -0.2) is 27.8 Å². The first-order chi connectivity index (χ1) is 15.7. The molecule has 2 aromatic carbocycles. The van der Waals surface area contributed by atoms with Crippen LogP contribution in [0.15, 0.2) is 64.6 Å². The Kier molecular flexibility index (Phi) is 6.40. The summed E-state index contributed by atoms with van der Waals surface area (Å²) in [7, 11) is 0. The summed E-state index contributed by atoms with van der Waals surface area (Å²) in [5.41, 5.74) is 2.04. The van der Waals surface area contributed by atoms with Crippen molar-refractivity contribution in [2.45, 2.75) is 26.4 Å². The highest BCUT2D eigenvalue weighted by Gasteiger charge is 2.24. The Bertz CT molecular complexity index is 1310. The molecule has 0 spiro atoms. The number of carbonyl (C=O) groups excluding carboxylic acids is 2. The van der Waals surface area contributed by atoms with Crippen LogP contribution in [-0.2, 0) is 9.53 Å². The Labute approximate surface area is 200 Å². The third-order valence-corrected chi connectivity index (χ3v) is 5.62. The van der Waals surface area contributed by atoms with Crippen LogP contribution in [0.5, 0.6) is 0 Å². The lowest BCUT2D eigenvalue weighted by molar-refractivity contribution is -0.115. The Balaban J connectivity index is 1.53. The van der Waals surface area contributed by atoms with Gasteiger partial charge in [-0.25, -0.2) is 9.79 Å². The molecule has 1 saturated heterocycles. The summed E-state index contributed by atoms with van der Waals surface area (Å²) in [5, 5.41) is 7.17. The SMILES string of the molecule is CC(C)(C)OC(=O)Nc1ccc(Cl)c(N=C2NC(=O)C(=Cc3ccc4ncccc4c3)S2)c1. The number of hydrogen-bond donors (Lipinski definition) is 2. The second kappa shape index (κ2) is 9.25. The number of nitrogens with zero attached hydrogens (tertiary/aromatic N) is 2. The van der Waals surface area contributed by atoms with Gasteiger partial charge in [0.05, 0.1) is 21.1 Å². The number of amidine groups is 1. The monoisotopic (exact) mass is 480 g/mol. The maximum atomic E-state index is 12.5. The summed E-state index contributed by atoms with van der Waals surface area (Å²) in [6.07, 6.45) is 2.96. The molecule has 0 saturated carbocycles. The molecule has 168 valence electrons. The van der Waals surface area contributed by atoms with Crippen LogP contribution in [0.25, 0.3) is 17.0 Å². The molecule has 1 aliphatic rings. The maximum absolute atomic E-state index is 12.5. The third kappa shape index (κ3) is 5.91. The number of aromatic nitrogens is 1. The molecule has 0 unspecified atom stereocenters. The van der Waals surface area contributed by atoms with Crippen molar-refractivity contribution in [3.8, 4) is 0 Å². The van der Waals surface area contributed by atoms with Crippen molar-refractivity contribution >= 4 is 68.9 Å². The minimum absolute atomic E-state index is 0.246. The molecule has 0 aliphatic carbocycles. The zero-order valence-corrected chi connectivity index (χ0v) is 19.8. The number of rotatable bonds is 3. The van der Waals surface area contributed by atoms with Crippen molar-refractivity contribution in [3.05, 3.63) is 70.2 Å².